The molecule has 2 N–H and O–H groups in total. The largest absolute Gasteiger partial charge is 0.350 e. The van der Waals surface area contributed by atoms with E-state index in [0.29, 0.717) is 11.3 Å². The molecular formula is C18H18ClFN2O2. The number of anilines is 1. The van der Waals surface area contributed by atoms with Crippen LogP contribution in [0.4, 0.5) is 10.1 Å². The van der Waals surface area contributed by atoms with Gasteiger partial charge in [-0.15, -0.1) is 0 Å². The minimum atomic E-state index is -0.538. The SMILES string of the molecule is CC(C)NC(=O)c1ccccc1NC(=O)Cc1ccc(Cl)cc1F. The lowest BCUT2D eigenvalue weighted by molar-refractivity contribution is -0.115. The molecule has 0 radical (unpaired) electrons. The Morgan fingerprint density at radius 2 is 1.88 bits per heavy atom. The standard InChI is InChI=1S/C18H18ClFN2O2/c1-11(2)21-18(24)14-5-3-4-6-16(14)22-17(23)9-12-7-8-13(19)10-15(12)20/h3-8,10-11H,9H2,1-2H3,(H,21,24)(H,22,23). The Balaban J connectivity index is 2.13. The van der Waals surface area contributed by atoms with Crippen molar-refractivity contribution in [1.82, 2.24) is 5.32 Å². The first-order valence-corrected chi connectivity index (χ1v) is 7.88. The summed E-state index contributed by atoms with van der Waals surface area (Å²) in [6, 6.07) is 10.8. The van der Waals surface area contributed by atoms with Crippen molar-refractivity contribution in [1.29, 1.82) is 0 Å². The molecule has 0 bridgehead atoms. The third-order valence-electron chi connectivity index (χ3n) is 3.23. The lowest BCUT2D eigenvalue weighted by Crippen LogP contribution is -2.31. The van der Waals surface area contributed by atoms with Crippen molar-refractivity contribution >= 4 is 29.1 Å². The second kappa shape index (κ2) is 7.93. The summed E-state index contributed by atoms with van der Waals surface area (Å²) in [6.07, 6.45) is -0.150. The number of rotatable bonds is 5. The maximum atomic E-state index is 13.8. The molecule has 0 spiro atoms. The van der Waals surface area contributed by atoms with Crippen molar-refractivity contribution in [2.24, 2.45) is 0 Å². The topological polar surface area (TPSA) is 58.2 Å². The van der Waals surface area contributed by atoms with Crippen LogP contribution in [-0.2, 0) is 11.2 Å². The molecule has 0 atom stereocenters. The number of halogens is 2. The normalized spacial score (nSPS) is 10.5. The van der Waals surface area contributed by atoms with Crippen molar-refractivity contribution in [3.8, 4) is 0 Å². The molecule has 4 nitrogen and oxygen atoms in total. The third-order valence-corrected chi connectivity index (χ3v) is 3.47. The van der Waals surface area contributed by atoms with Gasteiger partial charge in [-0.2, -0.15) is 0 Å². The van der Waals surface area contributed by atoms with E-state index in [0.717, 1.165) is 6.07 Å². The zero-order valence-corrected chi connectivity index (χ0v) is 14.2. The van der Waals surface area contributed by atoms with Gasteiger partial charge in [0.15, 0.2) is 0 Å². The number of benzene rings is 2. The van der Waals surface area contributed by atoms with Crippen molar-refractivity contribution in [3.05, 3.63) is 64.4 Å². The molecule has 6 heteroatoms. The van der Waals surface area contributed by atoms with Crippen LogP contribution >= 0.6 is 11.6 Å². The van der Waals surface area contributed by atoms with Gasteiger partial charge in [-0.1, -0.05) is 29.8 Å². The molecule has 24 heavy (non-hydrogen) atoms. The average Bonchev–Trinajstić information content (AvgIpc) is 2.50. The fourth-order valence-corrected chi connectivity index (χ4v) is 2.32. The van der Waals surface area contributed by atoms with Gasteiger partial charge in [-0.3, -0.25) is 9.59 Å². The van der Waals surface area contributed by atoms with Crippen LogP contribution in [0.25, 0.3) is 0 Å². The molecule has 2 aromatic rings. The van der Waals surface area contributed by atoms with E-state index in [-0.39, 0.29) is 29.0 Å². The summed E-state index contributed by atoms with van der Waals surface area (Å²) in [7, 11) is 0. The third kappa shape index (κ3) is 4.80. The number of carbonyl (C=O) groups is 2. The highest BCUT2D eigenvalue weighted by atomic mass is 35.5. The lowest BCUT2D eigenvalue weighted by Gasteiger charge is -2.13. The van der Waals surface area contributed by atoms with E-state index in [1.165, 1.54) is 12.1 Å². The van der Waals surface area contributed by atoms with Crippen LogP contribution in [0.1, 0.15) is 29.8 Å². The van der Waals surface area contributed by atoms with Crippen LogP contribution in [0.3, 0.4) is 0 Å². The highest BCUT2D eigenvalue weighted by Crippen LogP contribution is 2.18. The summed E-state index contributed by atoms with van der Waals surface area (Å²) >= 11 is 5.70. The van der Waals surface area contributed by atoms with E-state index < -0.39 is 11.7 Å². The Labute approximate surface area is 145 Å². The van der Waals surface area contributed by atoms with Crippen molar-refractivity contribution in [2.45, 2.75) is 26.3 Å². The summed E-state index contributed by atoms with van der Waals surface area (Å²) in [6.45, 7) is 3.70. The van der Waals surface area contributed by atoms with Gasteiger partial charge in [0.2, 0.25) is 5.91 Å². The Morgan fingerprint density at radius 1 is 1.17 bits per heavy atom. The van der Waals surface area contributed by atoms with Crippen molar-refractivity contribution < 1.29 is 14.0 Å². The lowest BCUT2D eigenvalue weighted by atomic mass is 10.1. The van der Waals surface area contributed by atoms with Crippen LogP contribution in [0.2, 0.25) is 5.02 Å². The number of nitrogens with one attached hydrogen (secondary N) is 2. The Kier molecular flexibility index (Phi) is 5.93. The van der Waals surface area contributed by atoms with E-state index in [1.54, 1.807) is 24.3 Å². The van der Waals surface area contributed by atoms with Crippen molar-refractivity contribution in [2.75, 3.05) is 5.32 Å². The minimum absolute atomic E-state index is 0.0237. The van der Waals surface area contributed by atoms with Gasteiger partial charge in [-0.25, -0.2) is 4.39 Å². The second-order valence-electron chi connectivity index (χ2n) is 5.63. The number of para-hydroxylation sites is 1. The minimum Gasteiger partial charge on any atom is -0.350 e. The molecule has 0 saturated heterocycles. The first kappa shape index (κ1) is 17.9. The second-order valence-corrected chi connectivity index (χ2v) is 6.07. The molecule has 0 aliphatic carbocycles. The molecule has 2 amide bonds. The molecule has 2 aromatic carbocycles. The Hall–Kier alpha value is -2.40. The van der Waals surface area contributed by atoms with E-state index in [1.807, 2.05) is 13.8 Å². The van der Waals surface area contributed by atoms with Gasteiger partial charge < -0.3 is 10.6 Å². The van der Waals surface area contributed by atoms with Gasteiger partial charge in [0.1, 0.15) is 5.82 Å². The number of carbonyl (C=O) groups excluding carboxylic acids is 2. The molecule has 0 unspecified atom stereocenters. The quantitative estimate of drug-likeness (QED) is 0.863. The summed E-state index contributed by atoms with van der Waals surface area (Å²) in [5.74, 6) is -1.23. The van der Waals surface area contributed by atoms with Gasteiger partial charge >= 0.3 is 0 Å². The van der Waals surface area contributed by atoms with Crippen LogP contribution in [0.15, 0.2) is 42.5 Å². The molecule has 0 saturated carbocycles. The monoisotopic (exact) mass is 348 g/mol. The van der Waals surface area contributed by atoms with Crippen LogP contribution in [0.5, 0.6) is 0 Å². The van der Waals surface area contributed by atoms with E-state index in [4.69, 9.17) is 11.6 Å². The van der Waals surface area contributed by atoms with Gasteiger partial charge in [0.25, 0.3) is 5.91 Å². The summed E-state index contributed by atoms with van der Waals surface area (Å²) in [4.78, 5) is 24.3. The summed E-state index contributed by atoms with van der Waals surface area (Å²) in [5.41, 5.74) is 0.979. The van der Waals surface area contributed by atoms with E-state index in [9.17, 15) is 14.0 Å². The maximum Gasteiger partial charge on any atom is 0.253 e. The first-order valence-electron chi connectivity index (χ1n) is 7.50. The van der Waals surface area contributed by atoms with Crippen LogP contribution in [-0.4, -0.2) is 17.9 Å². The predicted molar refractivity (Wildman–Crippen MR) is 92.8 cm³/mol. The fourth-order valence-electron chi connectivity index (χ4n) is 2.16. The average molecular weight is 349 g/mol. The highest BCUT2D eigenvalue weighted by Gasteiger charge is 2.15. The molecular weight excluding hydrogens is 331 g/mol. The van der Waals surface area contributed by atoms with Gasteiger partial charge in [0, 0.05) is 11.1 Å². The zero-order valence-electron chi connectivity index (χ0n) is 13.4. The number of hydrogen-bond donors (Lipinski definition) is 2. The Morgan fingerprint density at radius 3 is 2.54 bits per heavy atom. The summed E-state index contributed by atoms with van der Waals surface area (Å²) < 4.78 is 13.8. The van der Waals surface area contributed by atoms with E-state index >= 15 is 0 Å². The number of hydrogen-bond acceptors (Lipinski definition) is 2. The fraction of sp³-hybridized carbons (Fsp3) is 0.222. The molecule has 0 aliphatic heterocycles. The van der Waals surface area contributed by atoms with E-state index in [2.05, 4.69) is 10.6 Å². The first-order chi connectivity index (χ1) is 11.4. The van der Waals surface area contributed by atoms with Crippen LogP contribution < -0.4 is 10.6 Å². The smallest absolute Gasteiger partial charge is 0.253 e. The molecule has 0 aliphatic rings. The summed E-state index contributed by atoms with van der Waals surface area (Å²) in [5, 5.41) is 5.70. The van der Waals surface area contributed by atoms with Gasteiger partial charge in [-0.05, 0) is 43.7 Å². The predicted octanol–water partition coefficient (Wildman–Crippen LogP) is 3.80. The van der Waals surface area contributed by atoms with Crippen molar-refractivity contribution in [3.63, 3.8) is 0 Å². The molecule has 2 rings (SSSR count). The molecule has 0 fully saturated rings. The molecule has 0 heterocycles. The van der Waals surface area contributed by atoms with Crippen LogP contribution in [0, 0.1) is 5.82 Å². The Bertz CT molecular complexity index is 762. The van der Waals surface area contributed by atoms with Gasteiger partial charge in [0.05, 0.1) is 17.7 Å². The maximum absolute atomic E-state index is 13.8. The number of amides is 2. The zero-order chi connectivity index (χ0) is 17.7. The highest BCUT2D eigenvalue weighted by molar-refractivity contribution is 6.30. The molecule has 126 valence electrons. The molecule has 0 aromatic heterocycles.